The zero-order valence-corrected chi connectivity index (χ0v) is 15.9. The summed E-state index contributed by atoms with van der Waals surface area (Å²) in [6.07, 6.45) is 0. The number of aliphatic hydroxyl groups is 1. The van der Waals surface area contributed by atoms with Gasteiger partial charge >= 0.3 is 0 Å². The molecule has 3 rings (SSSR count). The molecule has 2 heterocycles. The van der Waals surface area contributed by atoms with E-state index in [1.165, 1.54) is 0 Å². The van der Waals surface area contributed by atoms with Crippen molar-refractivity contribution in [2.24, 2.45) is 0 Å². The normalized spacial score (nSPS) is 14.1. The maximum atomic E-state index is 12.7. The number of fused-ring (bicyclic) bond motifs is 1. The van der Waals surface area contributed by atoms with Crippen molar-refractivity contribution in [3.05, 3.63) is 47.4 Å². The molecule has 142 valence electrons. The van der Waals surface area contributed by atoms with Crippen molar-refractivity contribution in [3.8, 4) is 23.3 Å². The second kappa shape index (κ2) is 7.37. The highest BCUT2D eigenvalue weighted by atomic mass is 16.6. The third-order valence-corrected chi connectivity index (χ3v) is 4.26. The monoisotopic (exact) mass is 369 g/mol. The van der Waals surface area contributed by atoms with Gasteiger partial charge in [0.25, 0.3) is 5.91 Å². The predicted molar refractivity (Wildman–Crippen MR) is 99.8 cm³/mol. The number of amides is 1. The first-order valence-electron chi connectivity index (χ1n) is 8.77. The molecule has 1 unspecified atom stereocenters. The van der Waals surface area contributed by atoms with Crippen LogP contribution in [-0.4, -0.2) is 41.8 Å². The molecule has 1 aromatic heterocycles. The Kier molecular flexibility index (Phi) is 5.15. The summed E-state index contributed by atoms with van der Waals surface area (Å²) in [7, 11) is 1.72. The molecule has 27 heavy (non-hydrogen) atoms. The van der Waals surface area contributed by atoms with Crippen molar-refractivity contribution in [2.75, 3.05) is 20.3 Å². The molecule has 0 saturated carbocycles. The van der Waals surface area contributed by atoms with Crippen molar-refractivity contribution >= 4 is 5.91 Å². The number of rotatable bonds is 3. The molecule has 1 aromatic carbocycles. The highest BCUT2D eigenvalue weighted by Crippen LogP contribution is 2.34. The van der Waals surface area contributed by atoms with Crippen LogP contribution in [0.1, 0.15) is 48.7 Å². The Hall–Kier alpha value is -2.91. The lowest BCUT2D eigenvalue weighted by atomic mass is 10.1. The third kappa shape index (κ3) is 4.44. The molecule has 1 atom stereocenters. The fourth-order valence-electron chi connectivity index (χ4n) is 2.63. The van der Waals surface area contributed by atoms with Gasteiger partial charge in [-0.25, -0.2) is 0 Å². The lowest BCUT2D eigenvalue weighted by Gasteiger charge is -2.26. The Labute approximate surface area is 158 Å². The summed E-state index contributed by atoms with van der Waals surface area (Å²) in [6, 6.07) is 8.69. The molecule has 1 aliphatic rings. The largest absolute Gasteiger partial charge is 0.486 e. The molecule has 0 fully saturated rings. The number of carbonyl (C=O) groups is 1. The van der Waals surface area contributed by atoms with Crippen LogP contribution in [0.25, 0.3) is 0 Å². The van der Waals surface area contributed by atoms with Crippen LogP contribution in [0, 0.1) is 11.8 Å². The highest BCUT2D eigenvalue weighted by Gasteiger charge is 2.23. The van der Waals surface area contributed by atoms with Gasteiger partial charge in [0.2, 0.25) is 0 Å². The quantitative estimate of drug-likeness (QED) is 0.842. The summed E-state index contributed by atoms with van der Waals surface area (Å²) >= 11 is 0. The Morgan fingerprint density at radius 3 is 2.59 bits per heavy atom. The van der Waals surface area contributed by atoms with E-state index >= 15 is 0 Å². The first-order valence-corrected chi connectivity index (χ1v) is 8.77. The standard InChI is InChI=1S/C21H23NO5/c1-14(15-5-7-17-19(13-15)26-12-11-25-17)22(4)20(23)18-8-6-16(27-18)9-10-21(2,3)24/h5-8,13-14,24H,11-12H2,1-4H3. The fraction of sp³-hybridized carbons (Fsp3) is 0.381. The zero-order chi connectivity index (χ0) is 19.6. The van der Waals surface area contributed by atoms with E-state index in [9.17, 15) is 9.90 Å². The number of nitrogens with zero attached hydrogens (tertiary/aromatic N) is 1. The summed E-state index contributed by atoms with van der Waals surface area (Å²) in [5.74, 6) is 7.06. The lowest BCUT2D eigenvalue weighted by Crippen LogP contribution is -2.29. The second-order valence-corrected chi connectivity index (χ2v) is 6.97. The molecule has 0 bridgehead atoms. The number of carbonyl (C=O) groups excluding carboxylic acids is 1. The van der Waals surface area contributed by atoms with Crippen LogP contribution >= 0.6 is 0 Å². The SMILES string of the molecule is CC(c1ccc2c(c1)OCCO2)N(C)C(=O)c1ccc(C#CC(C)(C)O)o1. The van der Waals surface area contributed by atoms with Gasteiger partial charge in [-0.15, -0.1) is 0 Å². The topological polar surface area (TPSA) is 72.1 Å². The Bertz CT molecular complexity index is 897. The van der Waals surface area contributed by atoms with E-state index in [1.54, 1.807) is 37.9 Å². The minimum atomic E-state index is -1.12. The summed E-state index contributed by atoms with van der Waals surface area (Å²) < 4.78 is 16.7. The number of furan rings is 1. The van der Waals surface area contributed by atoms with Crippen LogP contribution in [0.5, 0.6) is 11.5 Å². The molecule has 0 radical (unpaired) electrons. The lowest BCUT2D eigenvalue weighted by molar-refractivity contribution is 0.0709. The van der Waals surface area contributed by atoms with Gasteiger partial charge in [0, 0.05) is 7.05 Å². The molecule has 1 aliphatic heterocycles. The van der Waals surface area contributed by atoms with E-state index in [2.05, 4.69) is 11.8 Å². The summed E-state index contributed by atoms with van der Waals surface area (Å²) in [4.78, 5) is 14.3. The molecule has 6 heteroatoms. The van der Waals surface area contributed by atoms with Crippen LogP contribution in [-0.2, 0) is 0 Å². The average Bonchev–Trinajstić information content (AvgIpc) is 3.12. The average molecular weight is 369 g/mol. The Balaban J connectivity index is 1.75. The maximum Gasteiger partial charge on any atom is 0.289 e. The number of hydrogen-bond acceptors (Lipinski definition) is 5. The number of ether oxygens (including phenoxy) is 2. The van der Waals surface area contributed by atoms with Crippen LogP contribution in [0.3, 0.4) is 0 Å². The van der Waals surface area contributed by atoms with Crippen molar-refractivity contribution < 1.29 is 23.8 Å². The summed E-state index contributed by atoms with van der Waals surface area (Å²) in [5, 5.41) is 9.66. The molecule has 2 aromatic rings. The minimum Gasteiger partial charge on any atom is -0.486 e. The van der Waals surface area contributed by atoms with Crippen LogP contribution < -0.4 is 9.47 Å². The fourth-order valence-corrected chi connectivity index (χ4v) is 2.63. The van der Waals surface area contributed by atoms with E-state index in [0.717, 1.165) is 5.56 Å². The van der Waals surface area contributed by atoms with Gasteiger partial charge in [0.15, 0.2) is 23.0 Å². The molecular weight excluding hydrogens is 346 g/mol. The van der Waals surface area contributed by atoms with Gasteiger partial charge in [-0.3, -0.25) is 4.79 Å². The molecule has 0 spiro atoms. The van der Waals surface area contributed by atoms with Gasteiger partial charge in [-0.05, 0) is 56.5 Å². The second-order valence-electron chi connectivity index (χ2n) is 6.97. The molecule has 6 nitrogen and oxygen atoms in total. The summed E-state index contributed by atoms with van der Waals surface area (Å²) in [5.41, 5.74) is -0.191. The number of hydrogen-bond donors (Lipinski definition) is 1. The van der Waals surface area contributed by atoms with E-state index in [-0.39, 0.29) is 17.7 Å². The van der Waals surface area contributed by atoms with Gasteiger partial charge in [-0.2, -0.15) is 0 Å². The smallest absolute Gasteiger partial charge is 0.289 e. The van der Waals surface area contributed by atoms with Gasteiger partial charge in [0.05, 0.1) is 6.04 Å². The van der Waals surface area contributed by atoms with Crippen molar-refractivity contribution in [1.29, 1.82) is 0 Å². The first kappa shape index (κ1) is 18.9. The molecule has 0 saturated heterocycles. The van der Waals surface area contributed by atoms with Crippen molar-refractivity contribution in [2.45, 2.75) is 32.4 Å². The van der Waals surface area contributed by atoms with Crippen molar-refractivity contribution in [3.63, 3.8) is 0 Å². The van der Waals surface area contributed by atoms with Gasteiger partial charge in [-0.1, -0.05) is 12.0 Å². The molecular formula is C21H23NO5. The molecule has 0 aliphatic carbocycles. The predicted octanol–water partition coefficient (Wildman–Crippen LogP) is 3.01. The Morgan fingerprint density at radius 2 is 1.89 bits per heavy atom. The van der Waals surface area contributed by atoms with Gasteiger partial charge in [0.1, 0.15) is 18.8 Å². The minimum absolute atomic E-state index is 0.190. The molecule has 1 N–H and O–H groups in total. The summed E-state index contributed by atoms with van der Waals surface area (Å²) in [6.45, 7) is 6.15. The van der Waals surface area contributed by atoms with Crippen LogP contribution in [0.15, 0.2) is 34.7 Å². The highest BCUT2D eigenvalue weighted by molar-refractivity contribution is 5.91. The maximum absolute atomic E-state index is 12.7. The van der Waals surface area contributed by atoms with E-state index in [1.807, 2.05) is 25.1 Å². The van der Waals surface area contributed by atoms with Crippen LogP contribution in [0.2, 0.25) is 0 Å². The third-order valence-electron chi connectivity index (χ3n) is 4.26. The number of benzene rings is 1. The van der Waals surface area contributed by atoms with Gasteiger partial charge < -0.3 is 23.9 Å². The molecule has 1 amide bonds. The first-order chi connectivity index (χ1) is 12.7. The van der Waals surface area contributed by atoms with Crippen molar-refractivity contribution in [1.82, 2.24) is 4.90 Å². The van der Waals surface area contributed by atoms with E-state index in [4.69, 9.17) is 13.9 Å². The van der Waals surface area contributed by atoms with E-state index < -0.39 is 5.60 Å². The zero-order valence-electron chi connectivity index (χ0n) is 15.9. The Morgan fingerprint density at radius 1 is 1.19 bits per heavy atom. The van der Waals surface area contributed by atoms with Crippen LogP contribution in [0.4, 0.5) is 0 Å². The van der Waals surface area contributed by atoms with E-state index in [0.29, 0.717) is 30.5 Å².